The Morgan fingerprint density at radius 3 is 2.35 bits per heavy atom. The van der Waals surface area contributed by atoms with E-state index in [0.717, 1.165) is 18.0 Å². The van der Waals surface area contributed by atoms with Gasteiger partial charge in [0.2, 0.25) is 0 Å². The zero-order valence-electron chi connectivity index (χ0n) is 16.0. The molecular formula is C21H15Cl2F3N2O2S. The predicted octanol–water partition coefficient (Wildman–Crippen LogP) is 7.13. The molecule has 162 valence electrons. The van der Waals surface area contributed by atoms with Crippen LogP contribution in [0.5, 0.6) is 0 Å². The fourth-order valence-corrected chi connectivity index (χ4v) is 4.21. The van der Waals surface area contributed by atoms with Crippen LogP contribution < -0.4 is 4.31 Å². The number of aromatic carboxylic acids is 1. The number of benzene rings is 2. The quantitative estimate of drug-likeness (QED) is 0.375. The summed E-state index contributed by atoms with van der Waals surface area (Å²) in [4.78, 5) is 16.0. The lowest BCUT2D eigenvalue weighted by molar-refractivity contribution is -0.138. The van der Waals surface area contributed by atoms with E-state index in [0.29, 0.717) is 21.3 Å². The molecule has 1 heterocycles. The van der Waals surface area contributed by atoms with Gasteiger partial charge in [-0.2, -0.15) is 13.2 Å². The van der Waals surface area contributed by atoms with Gasteiger partial charge in [-0.1, -0.05) is 29.3 Å². The number of anilines is 1. The van der Waals surface area contributed by atoms with Crippen LogP contribution in [0.3, 0.4) is 0 Å². The van der Waals surface area contributed by atoms with E-state index in [-0.39, 0.29) is 22.7 Å². The summed E-state index contributed by atoms with van der Waals surface area (Å²) >= 11 is 12.9. The summed E-state index contributed by atoms with van der Waals surface area (Å²) in [6.45, 7) is 1.62. The van der Waals surface area contributed by atoms with E-state index in [4.69, 9.17) is 28.3 Å². The van der Waals surface area contributed by atoms with Crippen molar-refractivity contribution in [3.8, 4) is 0 Å². The first-order chi connectivity index (χ1) is 14.5. The van der Waals surface area contributed by atoms with Crippen molar-refractivity contribution in [1.82, 2.24) is 4.98 Å². The first-order valence-electron chi connectivity index (χ1n) is 8.81. The molecule has 0 bridgehead atoms. The lowest BCUT2D eigenvalue weighted by Crippen LogP contribution is -2.19. The molecule has 0 radical (unpaired) electrons. The molecule has 0 saturated carbocycles. The number of alkyl halides is 3. The maximum absolute atomic E-state index is 13.6. The van der Waals surface area contributed by atoms with Crippen molar-refractivity contribution in [2.45, 2.75) is 24.5 Å². The minimum absolute atomic E-state index is 0.0136. The van der Waals surface area contributed by atoms with Crippen LogP contribution in [0, 0.1) is 6.92 Å². The number of hydrogen-bond acceptors (Lipinski definition) is 4. The van der Waals surface area contributed by atoms with E-state index in [1.165, 1.54) is 30.5 Å². The Morgan fingerprint density at radius 1 is 1.10 bits per heavy atom. The van der Waals surface area contributed by atoms with Crippen LogP contribution in [0.2, 0.25) is 10.0 Å². The number of nitrogens with zero attached hydrogens (tertiary/aromatic N) is 2. The molecule has 0 atom stereocenters. The minimum atomic E-state index is -4.58. The molecule has 0 aliphatic rings. The topological polar surface area (TPSA) is 53.4 Å². The standard InChI is InChI=1S/C21H15Cl2F3N2O2S/c1-12-8-16(23)10-27-19(12)28(31-17-6-3-13(4-7-17)20(29)30)11-14-2-5-15(22)9-18(14)21(24,25)26/h2-10H,11H2,1H3,(H,29,30). The zero-order chi connectivity index (χ0) is 22.8. The Hall–Kier alpha value is -2.42. The van der Waals surface area contributed by atoms with Gasteiger partial charge in [0.15, 0.2) is 0 Å². The van der Waals surface area contributed by atoms with Gasteiger partial charge in [-0.3, -0.25) is 4.31 Å². The van der Waals surface area contributed by atoms with E-state index in [1.54, 1.807) is 29.4 Å². The second-order valence-electron chi connectivity index (χ2n) is 6.55. The highest BCUT2D eigenvalue weighted by Crippen LogP contribution is 2.38. The fourth-order valence-electron chi connectivity index (χ4n) is 2.84. The summed E-state index contributed by atoms with van der Waals surface area (Å²) in [5.41, 5.74) is -0.0421. The minimum Gasteiger partial charge on any atom is -0.478 e. The lowest BCUT2D eigenvalue weighted by atomic mass is 10.1. The molecule has 0 unspecified atom stereocenters. The summed E-state index contributed by atoms with van der Waals surface area (Å²) in [6, 6.07) is 11.3. The Kier molecular flexibility index (Phi) is 7.03. The molecule has 0 aliphatic carbocycles. The van der Waals surface area contributed by atoms with E-state index in [1.807, 2.05) is 0 Å². The van der Waals surface area contributed by atoms with Crippen LogP contribution in [0.1, 0.15) is 27.0 Å². The molecule has 1 N–H and O–H groups in total. The number of pyridine rings is 1. The number of carbonyl (C=O) groups is 1. The van der Waals surface area contributed by atoms with Gasteiger partial charge in [-0.05, 0) is 72.5 Å². The highest BCUT2D eigenvalue weighted by molar-refractivity contribution is 8.00. The van der Waals surface area contributed by atoms with Gasteiger partial charge >= 0.3 is 12.1 Å². The number of carboxylic acids is 1. The summed E-state index contributed by atoms with van der Waals surface area (Å²) < 4.78 is 42.4. The number of aryl methyl sites for hydroxylation is 1. The normalized spacial score (nSPS) is 11.4. The van der Waals surface area contributed by atoms with Crippen molar-refractivity contribution in [3.05, 3.63) is 87.0 Å². The van der Waals surface area contributed by atoms with Gasteiger partial charge in [0.05, 0.1) is 22.7 Å². The molecule has 4 nitrogen and oxygen atoms in total. The van der Waals surface area contributed by atoms with Gasteiger partial charge in [0.1, 0.15) is 5.82 Å². The Morgan fingerprint density at radius 2 is 1.77 bits per heavy atom. The Bertz CT molecular complexity index is 1110. The highest BCUT2D eigenvalue weighted by Gasteiger charge is 2.34. The molecule has 3 aromatic rings. The maximum Gasteiger partial charge on any atom is 0.416 e. The lowest BCUT2D eigenvalue weighted by Gasteiger charge is -2.25. The SMILES string of the molecule is Cc1cc(Cl)cnc1N(Cc1ccc(Cl)cc1C(F)(F)F)Sc1ccc(C(=O)O)cc1. The van der Waals surface area contributed by atoms with Crippen LogP contribution in [0.4, 0.5) is 19.0 Å². The summed E-state index contributed by atoms with van der Waals surface area (Å²) in [5, 5.41) is 9.45. The average Bonchev–Trinajstić information content (AvgIpc) is 2.68. The second-order valence-corrected chi connectivity index (χ2v) is 8.52. The van der Waals surface area contributed by atoms with Crippen molar-refractivity contribution < 1.29 is 23.1 Å². The zero-order valence-corrected chi connectivity index (χ0v) is 18.3. The van der Waals surface area contributed by atoms with E-state index in [2.05, 4.69) is 4.98 Å². The number of rotatable bonds is 6. The summed E-state index contributed by atoms with van der Waals surface area (Å²) in [6.07, 6.45) is -3.17. The molecule has 2 aromatic carbocycles. The molecule has 0 amide bonds. The molecular weight excluding hydrogens is 472 g/mol. The average molecular weight is 487 g/mol. The molecule has 3 rings (SSSR count). The monoisotopic (exact) mass is 486 g/mol. The van der Waals surface area contributed by atoms with Crippen LogP contribution in [-0.2, 0) is 12.7 Å². The third-order valence-electron chi connectivity index (χ3n) is 4.26. The van der Waals surface area contributed by atoms with Crippen LogP contribution in [0.25, 0.3) is 0 Å². The summed E-state index contributed by atoms with van der Waals surface area (Å²) in [5.74, 6) is -0.639. The van der Waals surface area contributed by atoms with Crippen molar-refractivity contribution in [2.24, 2.45) is 0 Å². The largest absolute Gasteiger partial charge is 0.478 e. The molecule has 0 aliphatic heterocycles. The first-order valence-corrected chi connectivity index (χ1v) is 10.3. The molecule has 0 fully saturated rings. The van der Waals surface area contributed by atoms with Gasteiger partial charge in [0, 0.05) is 16.1 Å². The Balaban J connectivity index is 2.02. The number of aromatic nitrogens is 1. The van der Waals surface area contributed by atoms with Gasteiger partial charge < -0.3 is 5.11 Å². The van der Waals surface area contributed by atoms with Crippen LogP contribution >= 0.6 is 35.1 Å². The smallest absolute Gasteiger partial charge is 0.416 e. The van der Waals surface area contributed by atoms with E-state index in [9.17, 15) is 18.0 Å². The predicted molar refractivity (Wildman–Crippen MR) is 116 cm³/mol. The van der Waals surface area contributed by atoms with Gasteiger partial charge in [-0.15, -0.1) is 0 Å². The number of carboxylic acid groups (broad SMARTS) is 1. The molecule has 1 aromatic heterocycles. The number of halogens is 5. The van der Waals surface area contributed by atoms with Gasteiger partial charge in [0.25, 0.3) is 0 Å². The Labute approximate surface area is 190 Å². The first kappa shape index (κ1) is 23.2. The maximum atomic E-state index is 13.6. The van der Waals surface area contributed by atoms with Crippen LogP contribution in [-0.4, -0.2) is 16.1 Å². The molecule has 10 heteroatoms. The van der Waals surface area contributed by atoms with Crippen molar-refractivity contribution in [2.75, 3.05) is 4.31 Å². The van der Waals surface area contributed by atoms with Crippen molar-refractivity contribution in [3.63, 3.8) is 0 Å². The van der Waals surface area contributed by atoms with Crippen molar-refractivity contribution in [1.29, 1.82) is 0 Å². The second kappa shape index (κ2) is 9.38. The van der Waals surface area contributed by atoms with Gasteiger partial charge in [-0.25, -0.2) is 9.78 Å². The van der Waals surface area contributed by atoms with E-state index < -0.39 is 17.7 Å². The van der Waals surface area contributed by atoms with E-state index >= 15 is 0 Å². The third-order valence-corrected chi connectivity index (χ3v) is 5.71. The highest BCUT2D eigenvalue weighted by atomic mass is 35.5. The molecule has 0 saturated heterocycles. The van der Waals surface area contributed by atoms with Crippen LogP contribution in [0.15, 0.2) is 59.6 Å². The van der Waals surface area contributed by atoms with Crippen molar-refractivity contribution >= 4 is 46.9 Å². The molecule has 31 heavy (non-hydrogen) atoms. The fraction of sp³-hybridized carbons (Fsp3) is 0.143. The summed E-state index contributed by atoms with van der Waals surface area (Å²) in [7, 11) is 0. The molecule has 0 spiro atoms. The number of hydrogen-bond donors (Lipinski definition) is 1. The third kappa shape index (κ3) is 5.84.